The van der Waals surface area contributed by atoms with Crippen molar-refractivity contribution in [2.45, 2.75) is 76.0 Å². The van der Waals surface area contributed by atoms with Gasteiger partial charge in [0.25, 0.3) is 0 Å². The first-order chi connectivity index (χ1) is 23.7. The maximum Gasteiger partial charge on any atom is 0.586 e. The lowest BCUT2D eigenvalue weighted by Crippen LogP contribution is -2.26. The van der Waals surface area contributed by atoms with Crippen molar-refractivity contribution < 1.29 is 59.6 Å². The van der Waals surface area contributed by atoms with Crippen molar-refractivity contribution >= 4 is 16.7 Å². The fraction of sp³-hybridized carbons (Fsp3) is 0.464. The number of carbonyl (C=O) groups is 1. The molecule has 2 aliphatic rings. The summed E-state index contributed by atoms with van der Waals surface area (Å²) in [6.45, 7) is -10.5. The molecular weight excluding hydrogens is 487 g/mol. The Balaban J connectivity index is 1.81. The Morgan fingerprint density at radius 2 is 2.03 bits per heavy atom. The van der Waals surface area contributed by atoms with Crippen LogP contribution in [0, 0.1) is 5.82 Å². The van der Waals surface area contributed by atoms with E-state index >= 15 is 4.39 Å². The Morgan fingerprint density at radius 3 is 2.68 bits per heavy atom. The van der Waals surface area contributed by atoms with Crippen LogP contribution in [0.5, 0.6) is 11.5 Å². The maximum atomic E-state index is 16.4. The van der Waals surface area contributed by atoms with Crippen LogP contribution in [0.4, 0.5) is 13.2 Å². The number of Topliss-reactive ketones (excluding diaryl/α,β-unsaturated/α-hetero) is 1. The molecule has 1 aliphatic heterocycles. The third-order valence-electron chi connectivity index (χ3n) is 6.28. The molecular formula is C28H30F3NO5. The number of ketones is 1. The van der Waals surface area contributed by atoms with E-state index in [9.17, 15) is 23.8 Å². The number of nitrogens with zero attached hydrogens (tertiary/aromatic N) is 1. The summed E-state index contributed by atoms with van der Waals surface area (Å²) in [7, 11) is 0. The Bertz CT molecular complexity index is 2070. The average molecular weight is 534 g/mol. The number of fused-ring (bicyclic) bond motifs is 2. The molecule has 1 aromatic heterocycles. The zero-order valence-corrected chi connectivity index (χ0v) is 19.3. The van der Waals surface area contributed by atoms with Gasteiger partial charge in [-0.2, -0.15) is 0 Å². The summed E-state index contributed by atoms with van der Waals surface area (Å²) in [5.74, 6) is -4.72. The van der Waals surface area contributed by atoms with Gasteiger partial charge in [0.1, 0.15) is 11.6 Å². The number of aliphatic hydroxyl groups is 2. The minimum Gasteiger partial charge on any atom is -0.395 e. The number of aromatic nitrogens is 1. The van der Waals surface area contributed by atoms with Gasteiger partial charge in [0.2, 0.25) is 0 Å². The smallest absolute Gasteiger partial charge is 0.395 e. The molecule has 2 aromatic carbocycles. The molecule has 3 aromatic rings. The molecule has 0 amide bonds. The number of rotatable bonds is 9. The number of ether oxygens (including phenoxy) is 2. The van der Waals surface area contributed by atoms with E-state index in [1.54, 1.807) is 0 Å². The van der Waals surface area contributed by atoms with E-state index in [1.165, 1.54) is 0 Å². The van der Waals surface area contributed by atoms with Crippen LogP contribution in [-0.4, -0.2) is 39.5 Å². The Hall–Kier alpha value is -3.04. The predicted molar refractivity (Wildman–Crippen MR) is 131 cm³/mol. The van der Waals surface area contributed by atoms with Crippen LogP contribution < -0.4 is 9.47 Å². The van der Waals surface area contributed by atoms with Crippen LogP contribution in [0.3, 0.4) is 0 Å². The van der Waals surface area contributed by atoms with Crippen molar-refractivity contribution in [3.05, 3.63) is 58.9 Å². The van der Waals surface area contributed by atoms with Gasteiger partial charge in [-0.3, -0.25) is 4.79 Å². The van der Waals surface area contributed by atoms with Gasteiger partial charge in [-0.25, -0.2) is 4.39 Å². The molecule has 198 valence electrons. The van der Waals surface area contributed by atoms with Crippen LogP contribution in [0.2, 0.25) is 0 Å². The Labute approximate surface area is 235 Å². The number of carbonyl (C=O) groups excluding carboxylic acids is 1. The highest BCUT2D eigenvalue weighted by molar-refractivity contribution is 5.95. The summed E-state index contributed by atoms with van der Waals surface area (Å²) in [6, 6.07) is -6.66. The van der Waals surface area contributed by atoms with Crippen molar-refractivity contribution in [3.8, 4) is 11.5 Å². The van der Waals surface area contributed by atoms with Crippen LogP contribution >= 0.6 is 0 Å². The van der Waals surface area contributed by atoms with Gasteiger partial charge in [-0.1, -0.05) is 26.7 Å². The van der Waals surface area contributed by atoms with Crippen molar-refractivity contribution in [2.75, 3.05) is 6.56 Å². The van der Waals surface area contributed by atoms with Crippen molar-refractivity contribution in [3.63, 3.8) is 0 Å². The van der Waals surface area contributed by atoms with E-state index in [0.29, 0.717) is 13.8 Å². The van der Waals surface area contributed by atoms with Crippen molar-refractivity contribution in [1.29, 1.82) is 0 Å². The molecule has 2 heterocycles. The lowest BCUT2D eigenvalue weighted by molar-refractivity contribution is -0.286. The van der Waals surface area contributed by atoms with Crippen molar-refractivity contribution in [2.24, 2.45) is 0 Å². The zero-order chi connectivity index (χ0) is 40.8. The van der Waals surface area contributed by atoms with Gasteiger partial charge in [0.05, 0.1) is 45.1 Å². The molecule has 1 saturated carbocycles. The van der Waals surface area contributed by atoms with Gasteiger partial charge in [-0.05, 0) is 60.6 Å². The normalized spacial score (nSPS) is 28.2. The quantitative estimate of drug-likeness (QED) is 0.405. The summed E-state index contributed by atoms with van der Waals surface area (Å²) < 4.78 is 186. The van der Waals surface area contributed by atoms with E-state index in [4.69, 9.17) is 21.9 Å². The summed E-state index contributed by atoms with van der Waals surface area (Å²) in [5, 5.41) is 19.7. The molecule has 0 saturated heterocycles. The molecule has 5 rings (SSSR count). The molecule has 0 spiro atoms. The molecule has 2 N–H and O–H groups in total. The molecule has 1 fully saturated rings. The number of hydrogen-bond acceptors (Lipinski definition) is 5. The average Bonchev–Trinajstić information content (AvgIpc) is 3.63. The first-order valence-electron chi connectivity index (χ1n) is 18.9. The summed E-state index contributed by atoms with van der Waals surface area (Å²) in [5.41, 5.74) is -9.07. The lowest BCUT2D eigenvalue weighted by atomic mass is 9.86. The minimum atomic E-state index is -4.35. The van der Waals surface area contributed by atoms with E-state index in [0.717, 1.165) is 0 Å². The molecule has 9 heteroatoms. The standard InChI is InChI=1S/C28H30F3NO5/c1-4-26(2,3)24-10-17-9-16(20(29)13-21(17)32(24)14-19(34)15-33)11-25(35)27(7-8-27)18-5-6-22-23(12-18)37-28(30,31)36-22/h5-6,9-10,12-13,19,33-34H,4,7-8,11,14-15H2,1-3H3/t19-/m0/s1/i2D3,4D2,5D,6D,9D,10D,12D,13D,14D2,15D2,19D/t19-,26?. The monoisotopic (exact) mass is 533 g/mol. The van der Waals surface area contributed by atoms with Gasteiger partial charge in [0, 0.05) is 29.8 Å². The fourth-order valence-electron chi connectivity index (χ4n) is 4.02. The molecule has 37 heavy (non-hydrogen) atoms. The second-order valence-electron chi connectivity index (χ2n) is 8.78. The number of hydrogen-bond donors (Lipinski definition) is 2. The number of halogens is 3. The first kappa shape index (κ1) is 12.7. The lowest BCUT2D eigenvalue weighted by Gasteiger charge is -2.26. The maximum absolute atomic E-state index is 16.4. The molecule has 6 nitrogen and oxygen atoms in total. The van der Waals surface area contributed by atoms with Crippen LogP contribution in [0.1, 0.15) is 78.7 Å². The highest BCUT2D eigenvalue weighted by atomic mass is 19.3. The van der Waals surface area contributed by atoms with E-state index in [1.807, 2.05) is 0 Å². The highest BCUT2D eigenvalue weighted by Crippen LogP contribution is 2.52. The number of benzene rings is 2. The van der Waals surface area contributed by atoms with Gasteiger partial charge < -0.3 is 24.3 Å². The minimum absolute atomic E-state index is 0.164. The van der Waals surface area contributed by atoms with Gasteiger partial charge in [-0.15, -0.1) is 8.78 Å². The van der Waals surface area contributed by atoms with Crippen molar-refractivity contribution in [1.82, 2.24) is 4.57 Å². The number of alkyl halides is 2. The predicted octanol–water partition coefficient (Wildman–Crippen LogP) is 4.99. The SMILES string of the molecule is [2H]c1c([2H])c(C2(C(=O)Cc3c(F)c([2H])c4c(c3[2H])c([2H])c(C(C)(C([2H])([2H])[2H])C([2H])([2H])C)n4C([2H])([2H])[C@]([2H])(O)C([2H])([2H])O)CC2)c([2H])c2c1OC(F)(F)O2. The van der Waals surface area contributed by atoms with Gasteiger partial charge >= 0.3 is 6.29 Å². The van der Waals surface area contributed by atoms with E-state index in [-0.39, 0.29) is 17.4 Å². The third kappa shape index (κ3) is 4.48. The zero-order valence-electron chi connectivity index (χ0n) is 35.3. The molecule has 0 bridgehead atoms. The third-order valence-corrected chi connectivity index (χ3v) is 6.28. The largest absolute Gasteiger partial charge is 0.586 e. The Kier molecular flexibility index (Phi) is 3.00. The van der Waals surface area contributed by atoms with Crippen LogP contribution in [0.15, 0.2) is 36.3 Å². The fourth-order valence-corrected chi connectivity index (χ4v) is 4.02. The second kappa shape index (κ2) is 8.77. The summed E-state index contributed by atoms with van der Waals surface area (Å²) in [4.78, 5) is 13.9. The summed E-state index contributed by atoms with van der Waals surface area (Å²) in [6.07, 6.45) is -13.2. The molecule has 0 radical (unpaired) electrons. The molecule has 1 unspecified atom stereocenters. The summed E-state index contributed by atoms with van der Waals surface area (Å²) >= 11 is 0. The molecule has 2 atom stereocenters. The Morgan fingerprint density at radius 1 is 1.30 bits per heavy atom. The second-order valence-corrected chi connectivity index (χ2v) is 8.78. The van der Waals surface area contributed by atoms with E-state index in [2.05, 4.69) is 9.47 Å². The molecule has 1 aliphatic carbocycles. The topological polar surface area (TPSA) is 80.9 Å². The first-order valence-corrected chi connectivity index (χ1v) is 10.9. The van der Waals surface area contributed by atoms with Gasteiger partial charge in [0.15, 0.2) is 11.5 Å². The highest BCUT2D eigenvalue weighted by Gasteiger charge is 2.52. The van der Waals surface area contributed by atoms with E-state index < -0.39 is 143 Å². The van der Waals surface area contributed by atoms with Crippen LogP contribution in [-0.2, 0) is 28.5 Å². The van der Waals surface area contributed by atoms with Crippen LogP contribution in [0.25, 0.3) is 10.9 Å².